The van der Waals surface area contributed by atoms with Crippen LogP contribution in [0.3, 0.4) is 0 Å². The minimum atomic E-state index is -0.286. The lowest BCUT2D eigenvalue weighted by molar-refractivity contribution is -0.133. The van der Waals surface area contributed by atoms with Gasteiger partial charge in [-0.25, -0.2) is 0 Å². The van der Waals surface area contributed by atoms with Gasteiger partial charge in [0.05, 0.1) is 18.0 Å². The number of rotatable bonds is 8. The standard InChI is InChI=1S/C38H39N5O5/c1-27-10-12-28(13-11-27)31-6-2-3-7-32(31)37(47)39-30-16-14-29(15-17-30)38(48)42-19-18-35(45)43(34-9-5-4-8-33(34)42)26-36(46)41-22-20-40(21-23-41)24-25-44/h2-17,44H,18-26H2,1H3,(H,39,47). The molecular formula is C38H39N5O5. The van der Waals surface area contributed by atoms with Gasteiger partial charge < -0.3 is 25.1 Å². The highest BCUT2D eigenvalue weighted by Gasteiger charge is 2.32. The van der Waals surface area contributed by atoms with Crippen molar-refractivity contribution < 1.29 is 24.3 Å². The lowest BCUT2D eigenvalue weighted by atomic mass is 9.98. The summed E-state index contributed by atoms with van der Waals surface area (Å²) in [6.07, 6.45) is 0.0620. The Hall–Kier alpha value is -5.32. The number of aryl methyl sites for hydroxylation is 1. The number of piperazine rings is 1. The summed E-state index contributed by atoms with van der Waals surface area (Å²) in [6, 6.07) is 29.3. The number of nitrogens with one attached hydrogen (secondary N) is 1. The number of aliphatic hydroxyl groups is 1. The van der Waals surface area contributed by atoms with Crippen LogP contribution in [-0.2, 0) is 9.59 Å². The molecule has 0 aromatic heterocycles. The van der Waals surface area contributed by atoms with Crippen LogP contribution in [0.15, 0.2) is 97.1 Å². The van der Waals surface area contributed by atoms with Crippen LogP contribution in [0.1, 0.15) is 32.7 Å². The number of hydrogen-bond acceptors (Lipinski definition) is 6. The second-order valence-electron chi connectivity index (χ2n) is 12.1. The van der Waals surface area contributed by atoms with Gasteiger partial charge in [-0.3, -0.25) is 24.1 Å². The van der Waals surface area contributed by atoms with E-state index in [1.807, 2.05) is 55.5 Å². The van der Waals surface area contributed by atoms with Crippen molar-refractivity contribution in [2.45, 2.75) is 13.3 Å². The molecule has 10 heteroatoms. The molecule has 0 saturated carbocycles. The third-order valence-electron chi connectivity index (χ3n) is 8.92. The summed E-state index contributed by atoms with van der Waals surface area (Å²) in [4.78, 5) is 60.8. The Morgan fingerprint density at radius 1 is 0.771 bits per heavy atom. The predicted octanol–water partition coefficient (Wildman–Crippen LogP) is 4.43. The van der Waals surface area contributed by atoms with Crippen LogP contribution < -0.4 is 15.1 Å². The molecule has 1 saturated heterocycles. The van der Waals surface area contributed by atoms with Crippen molar-refractivity contribution in [1.29, 1.82) is 0 Å². The van der Waals surface area contributed by atoms with E-state index in [-0.39, 0.29) is 49.7 Å². The Kier molecular flexibility index (Phi) is 9.94. The number of carbonyl (C=O) groups is 4. The van der Waals surface area contributed by atoms with Crippen molar-refractivity contribution in [1.82, 2.24) is 9.80 Å². The maximum Gasteiger partial charge on any atom is 0.258 e. The minimum Gasteiger partial charge on any atom is -0.395 e. The molecule has 2 heterocycles. The second-order valence-corrected chi connectivity index (χ2v) is 12.1. The molecule has 0 radical (unpaired) electrons. The number of hydrogen-bond donors (Lipinski definition) is 2. The summed E-state index contributed by atoms with van der Waals surface area (Å²) in [5, 5.41) is 12.2. The quantitative estimate of drug-likeness (QED) is 0.293. The number of aliphatic hydroxyl groups excluding tert-OH is 1. The molecule has 4 amide bonds. The van der Waals surface area contributed by atoms with E-state index in [0.717, 1.165) is 16.7 Å². The summed E-state index contributed by atoms with van der Waals surface area (Å²) in [5.41, 5.74) is 5.47. The van der Waals surface area contributed by atoms with Gasteiger partial charge in [-0.1, -0.05) is 60.2 Å². The summed E-state index contributed by atoms with van der Waals surface area (Å²) in [7, 11) is 0. The minimum absolute atomic E-state index is 0.0620. The number of para-hydroxylation sites is 2. The first-order valence-electron chi connectivity index (χ1n) is 16.2. The normalized spacial score (nSPS) is 15.1. The predicted molar refractivity (Wildman–Crippen MR) is 186 cm³/mol. The molecular weight excluding hydrogens is 606 g/mol. The molecule has 2 aliphatic rings. The molecule has 2 N–H and O–H groups in total. The molecule has 0 unspecified atom stereocenters. The summed E-state index contributed by atoms with van der Waals surface area (Å²) < 4.78 is 0. The van der Waals surface area contributed by atoms with Gasteiger partial charge in [0.2, 0.25) is 11.8 Å². The van der Waals surface area contributed by atoms with Gasteiger partial charge >= 0.3 is 0 Å². The van der Waals surface area contributed by atoms with E-state index in [1.54, 1.807) is 58.3 Å². The average Bonchev–Trinajstić information content (AvgIpc) is 3.25. The van der Waals surface area contributed by atoms with Crippen LogP contribution >= 0.6 is 0 Å². The molecule has 1 fully saturated rings. The van der Waals surface area contributed by atoms with Crippen LogP contribution in [0.4, 0.5) is 17.1 Å². The van der Waals surface area contributed by atoms with Gasteiger partial charge in [0.25, 0.3) is 11.8 Å². The molecule has 2 aliphatic heterocycles. The van der Waals surface area contributed by atoms with Gasteiger partial charge in [-0.2, -0.15) is 0 Å². The lowest BCUT2D eigenvalue weighted by Crippen LogP contribution is -2.52. The number of amides is 4. The highest BCUT2D eigenvalue weighted by molar-refractivity contribution is 6.12. The SMILES string of the molecule is Cc1ccc(-c2ccccc2C(=O)Nc2ccc(C(=O)N3CCC(=O)N(CC(=O)N4CCN(CCO)CC4)c4ccccc43)cc2)cc1. The number of β-amino-alcohol motifs (C(OH)–C–C–N with tert-alkyl or cyclic N) is 1. The Bertz CT molecular complexity index is 1800. The van der Waals surface area contributed by atoms with Crippen molar-refractivity contribution in [3.63, 3.8) is 0 Å². The highest BCUT2D eigenvalue weighted by Crippen LogP contribution is 2.34. The second kappa shape index (κ2) is 14.6. The smallest absolute Gasteiger partial charge is 0.258 e. The first-order valence-corrected chi connectivity index (χ1v) is 16.2. The van der Waals surface area contributed by atoms with Crippen molar-refractivity contribution in [3.8, 4) is 11.1 Å². The van der Waals surface area contributed by atoms with E-state index in [2.05, 4.69) is 10.2 Å². The Morgan fingerprint density at radius 3 is 2.15 bits per heavy atom. The van der Waals surface area contributed by atoms with Gasteiger partial charge in [0.15, 0.2) is 0 Å². The summed E-state index contributed by atoms with van der Waals surface area (Å²) in [6.45, 7) is 5.12. The van der Waals surface area contributed by atoms with E-state index < -0.39 is 0 Å². The zero-order valence-electron chi connectivity index (χ0n) is 27.0. The topological polar surface area (TPSA) is 113 Å². The number of fused-ring (bicyclic) bond motifs is 1. The maximum absolute atomic E-state index is 13.9. The molecule has 0 aliphatic carbocycles. The third-order valence-corrected chi connectivity index (χ3v) is 8.92. The Labute approximate surface area is 280 Å². The van der Waals surface area contributed by atoms with Crippen LogP contribution in [0.2, 0.25) is 0 Å². The van der Waals surface area contributed by atoms with E-state index in [0.29, 0.717) is 60.9 Å². The first kappa shape index (κ1) is 32.6. The van der Waals surface area contributed by atoms with E-state index >= 15 is 0 Å². The Balaban J connectivity index is 1.16. The number of benzene rings is 4. The monoisotopic (exact) mass is 645 g/mol. The van der Waals surface area contributed by atoms with E-state index in [9.17, 15) is 24.3 Å². The maximum atomic E-state index is 13.9. The van der Waals surface area contributed by atoms with Crippen LogP contribution in [0.25, 0.3) is 11.1 Å². The number of nitrogens with zero attached hydrogens (tertiary/aromatic N) is 4. The van der Waals surface area contributed by atoms with Crippen molar-refractivity contribution in [3.05, 3.63) is 114 Å². The van der Waals surface area contributed by atoms with Crippen molar-refractivity contribution in [2.75, 3.05) is 67.5 Å². The van der Waals surface area contributed by atoms with Crippen LogP contribution in [0.5, 0.6) is 0 Å². The molecule has 246 valence electrons. The van der Waals surface area contributed by atoms with E-state index in [1.165, 1.54) is 4.90 Å². The third kappa shape index (κ3) is 7.15. The summed E-state index contributed by atoms with van der Waals surface area (Å²) >= 11 is 0. The van der Waals surface area contributed by atoms with Gasteiger partial charge in [0, 0.05) is 62.5 Å². The molecule has 48 heavy (non-hydrogen) atoms. The zero-order valence-corrected chi connectivity index (χ0v) is 27.0. The fourth-order valence-electron chi connectivity index (χ4n) is 6.22. The van der Waals surface area contributed by atoms with Crippen LogP contribution in [-0.4, -0.2) is 91.0 Å². The number of anilines is 3. The lowest BCUT2D eigenvalue weighted by Gasteiger charge is -2.35. The fourth-order valence-corrected chi connectivity index (χ4v) is 6.22. The van der Waals surface area contributed by atoms with Crippen molar-refractivity contribution >= 4 is 40.7 Å². The largest absolute Gasteiger partial charge is 0.395 e. The highest BCUT2D eigenvalue weighted by atomic mass is 16.3. The van der Waals surface area contributed by atoms with Gasteiger partial charge in [0.1, 0.15) is 6.54 Å². The van der Waals surface area contributed by atoms with Gasteiger partial charge in [-0.15, -0.1) is 0 Å². The van der Waals surface area contributed by atoms with Gasteiger partial charge in [-0.05, 0) is 60.5 Å². The molecule has 10 nitrogen and oxygen atoms in total. The zero-order chi connectivity index (χ0) is 33.6. The average molecular weight is 646 g/mol. The van der Waals surface area contributed by atoms with Crippen molar-refractivity contribution in [2.24, 2.45) is 0 Å². The fraction of sp³-hybridized carbons (Fsp3) is 0.263. The Morgan fingerprint density at radius 2 is 1.44 bits per heavy atom. The first-order chi connectivity index (χ1) is 23.3. The molecule has 6 rings (SSSR count). The molecule has 0 atom stereocenters. The number of carbonyl (C=O) groups excluding carboxylic acids is 4. The van der Waals surface area contributed by atoms with Crippen LogP contribution in [0, 0.1) is 6.92 Å². The molecule has 0 bridgehead atoms. The molecule has 4 aromatic carbocycles. The summed E-state index contributed by atoms with van der Waals surface area (Å²) in [5.74, 6) is -0.924. The molecule has 0 spiro atoms. The molecule has 4 aromatic rings. The van der Waals surface area contributed by atoms with E-state index in [4.69, 9.17) is 0 Å².